The summed E-state index contributed by atoms with van der Waals surface area (Å²) in [4.78, 5) is 20.0. The molecule has 4 rings (SSSR count). The highest BCUT2D eigenvalue weighted by atomic mass is 35.5. The van der Waals surface area contributed by atoms with Crippen molar-refractivity contribution in [1.82, 2.24) is 24.4 Å². The lowest BCUT2D eigenvalue weighted by Crippen LogP contribution is -2.25. The number of benzene rings is 2. The summed E-state index contributed by atoms with van der Waals surface area (Å²) in [5.41, 5.74) is 4.20. The van der Waals surface area contributed by atoms with Crippen LogP contribution in [0.15, 0.2) is 48.5 Å². The molecule has 0 radical (unpaired) electrons. The van der Waals surface area contributed by atoms with E-state index in [1.165, 1.54) is 0 Å². The van der Waals surface area contributed by atoms with E-state index < -0.39 is 0 Å². The van der Waals surface area contributed by atoms with E-state index >= 15 is 0 Å². The Morgan fingerprint density at radius 3 is 1.94 bits per heavy atom. The van der Waals surface area contributed by atoms with Crippen molar-refractivity contribution in [2.75, 3.05) is 13.2 Å². The molecule has 174 valence electrons. The van der Waals surface area contributed by atoms with Crippen LogP contribution in [0.4, 0.5) is 0 Å². The number of alkyl halides is 1. The van der Waals surface area contributed by atoms with Gasteiger partial charge in [0.25, 0.3) is 0 Å². The third kappa shape index (κ3) is 6.59. The van der Waals surface area contributed by atoms with Crippen LogP contribution in [0, 0.1) is 0 Å². The predicted molar refractivity (Wildman–Crippen MR) is 134 cm³/mol. The predicted octanol–water partition coefficient (Wildman–Crippen LogP) is 4.38. The third-order valence-electron chi connectivity index (χ3n) is 4.74. The van der Waals surface area contributed by atoms with Crippen LogP contribution >= 0.6 is 36.4 Å². The first-order valence-electron chi connectivity index (χ1n) is 9.78. The summed E-state index contributed by atoms with van der Waals surface area (Å²) >= 11 is 5.72. The Bertz CT molecular complexity index is 1140. The van der Waals surface area contributed by atoms with E-state index in [-0.39, 0.29) is 37.3 Å². The molecular formula is C22H28Cl3N5O2. The molecular weight excluding hydrogens is 473 g/mol. The SMILES string of the molecule is CCOC(=O)CNCc1nc2ccccc2n1C.Cl.Cl.Cn1c(CCl)nc2ccccc21. The molecule has 7 nitrogen and oxygen atoms in total. The molecule has 0 amide bonds. The van der Waals surface area contributed by atoms with Gasteiger partial charge in [0.1, 0.15) is 11.6 Å². The van der Waals surface area contributed by atoms with Crippen molar-refractivity contribution in [3.8, 4) is 0 Å². The maximum absolute atomic E-state index is 11.2. The number of ether oxygens (including phenoxy) is 1. The number of esters is 1. The molecule has 4 aromatic rings. The number of fused-ring (bicyclic) bond motifs is 2. The third-order valence-corrected chi connectivity index (χ3v) is 4.98. The molecule has 0 bridgehead atoms. The molecule has 0 fully saturated rings. The van der Waals surface area contributed by atoms with Crippen molar-refractivity contribution in [1.29, 1.82) is 0 Å². The number of halogens is 3. The highest BCUT2D eigenvalue weighted by Gasteiger charge is 2.07. The monoisotopic (exact) mass is 499 g/mol. The zero-order valence-electron chi connectivity index (χ0n) is 18.2. The van der Waals surface area contributed by atoms with Crippen LogP contribution in [-0.2, 0) is 36.1 Å². The minimum atomic E-state index is -0.240. The molecule has 0 aliphatic rings. The highest BCUT2D eigenvalue weighted by Crippen LogP contribution is 2.15. The van der Waals surface area contributed by atoms with Gasteiger partial charge in [0.05, 0.1) is 47.6 Å². The second-order valence-corrected chi connectivity index (χ2v) is 6.96. The summed E-state index contributed by atoms with van der Waals surface area (Å²) < 4.78 is 8.88. The van der Waals surface area contributed by atoms with Crippen LogP contribution in [-0.4, -0.2) is 38.2 Å². The first-order chi connectivity index (χ1) is 14.5. The fraction of sp³-hybridized carbons (Fsp3) is 0.318. The summed E-state index contributed by atoms with van der Waals surface area (Å²) in [7, 11) is 3.95. The summed E-state index contributed by atoms with van der Waals surface area (Å²) in [6, 6.07) is 16.0. The molecule has 2 aromatic heterocycles. The Hall–Kier alpha value is -2.32. The average molecular weight is 501 g/mol. The van der Waals surface area contributed by atoms with E-state index in [2.05, 4.69) is 15.3 Å². The van der Waals surface area contributed by atoms with E-state index in [9.17, 15) is 4.79 Å². The number of imidazole rings is 2. The summed E-state index contributed by atoms with van der Waals surface area (Å²) in [6.45, 7) is 2.96. The van der Waals surface area contributed by atoms with Gasteiger partial charge >= 0.3 is 5.97 Å². The molecule has 0 saturated carbocycles. The van der Waals surface area contributed by atoms with Crippen LogP contribution < -0.4 is 5.32 Å². The minimum Gasteiger partial charge on any atom is -0.465 e. The minimum absolute atomic E-state index is 0. The van der Waals surface area contributed by atoms with Gasteiger partial charge in [-0.05, 0) is 31.2 Å². The Labute approximate surface area is 204 Å². The van der Waals surface area contributed by atoms with Crippen molar-refractivity contribution in [2.45, 2.75) is 19.3 Å². The number of rotatable bonds is 6. The van der Waals surface area contributed by atoms with E-state index in [4.69, 9.17) is 16.3 Å². The normalized spacial score (nSPS) is 10.1. The van der Waals surface area contributed by atoms with Crippen molar-refractivity contribution >= 4 is 64.5 Å². The molecule has 0 atom stereocenters. The maximum atomic E-state index is 11.2. The van der Waals surface area contributed by atoms with Gasteiger partial charge in [-0.3, -0.25) is 10.1 Å². The van der Waals surface area contributed by atoms with Crippen molar-refractivity contribution < 1.29 is 9.53 Å². The number of nitrogens with one attached hydrogen (secondary N) is 1. The van der Waals surface area contributed by atoms with E-state index in [0.29, 0.717) is 19.0 Å². The first-order valence-corrected chi connectivity index (χ1v) is 10.3. The highest BCUT2D eigenvalue weighted by molar-refractivity contribution is 6.16. The molecule has 2 aromatic carbocycles. The van der Waals surface area contributed by atoms with Gasteiger partial charge in [0.2, 0.25) is 0 Å². The average Bonchev–Trinajstić information content (AvgIpc) is 3.26. The lowest BCUT2D eigenvalue weighted by molar-refractivity contribution is -0.142. The van der Waals surface area contributed by atoms with Crippen LogP contribution in [0.25, 0.3) is 22.1 Å². The Balaban J connectivity index is 0.000000321. The molecule has 0 saturated heterocycles. The van der Waals surface area contributed by atoms with Gasteiger partial charge < -0.3 is 13.9 Å². The summed E-state index contributed by atoms with van der Waals surface area (Å²) in [5.74, 6) is 2.04. The van der Waals surface area contributed by atoms with Crippen LogP contribution in [0.2, 0.25) is 0 Å². The number of para-hydroxylation sites is 4. The van der Waals surface area contributed by atoms with E-state index in [1.807, 2.05) is 71.8 Å². The van der Waals surface area contributed by atoms with E-state index in [1.54, 1.807) is 6.92 Å². The number of aryl methyl sites for hydroxylation is 2. The number of hydrogen-bond acceptors (Lipinski definition) is 5. The van der Waals surface area contributed by atoms with Gasteiger partial charge in [0, 0.05) is 14.1 Å². The summed E-state index contributed by atoms with van der Waals surface area (Å²) in [6.07, 6.45) is 0. The molecule has 2 heterocycles. The zero-order valence-corrected chi connectivity index (χ0v) is 20.6. The molecule has 0 spiro atoms. The van der Waals surface area contributed by atoms with Crippen LogP contribution in [0.5, 0.6) is 0 Å². The largest absolute Gasteiger partial charge is 0.465 e. The number of carbonyl (C=O) groups excluding carboxylic acids is 1. The molecule has 32 heavy (non-hydrogen) atoms. The lowest BCUT2D eigenvalue weighted by Gasteiger charge is -2.04. The smallest absolute Gasteiger partial charge is 0.319 e. The summed E-state index contributed by atoms with van der Waals surface area (Å²) in [5, 5.41) is 3.03. The first kappa shape index (κ1) is 27.7. The van der Waals surface area contributed by atoms with Crippen molar-refractivity contribution in [3.05, 3.63) is 60.2 Å². The van der Waals surface area contributed by atoms with Crippen molar-refractivity contribution in [3.63, 3.8) is 0 Å². The van der Waals surface area contributed by atoms with Gasteiger partial charge in [-0.15, -0.1) is 36.4 Å². The standard InChI is InChI=1S/C13H17N3O2.C9H9ClN2.2ClH/c1-3-18-13(17)9-14-8-12-15-10-6-4-5-7-11(10)16(12)2;1-12-8-5-3-2-4-7(8)11-9(12)6-10;;/h4-7,14H,3,8-9H2,1-2H3;2-5H,6H2,1H3;2*1H. The molecule has 0 aliphatic heterocycles. The van der Waals surface area contributed by atoms with Crippen molar-refractivity contribution in [2.24, 2.45) is 14.1 Å². The quantitative estimate of drug-likeness (QED) is 0.314. The molecule has 0 unspecified atom stereocenters. The molecule has 10 heteroatoms. The van der Waals surface area contributed by atoms with Gasteiger partial charge in [-0.1, -0.05) is 24.3 Å². The van der Waals surface area contributed by atoms with Gasteiger partial charge in [-0.2, -0.15) is 0 Å². The maximum Gasteiger partial charge on any atom is 0.319 e. The Morgan fingerprint density at radius 1 is 0.938 bits per heavy atom. The number of nitrogens with zero attached hydrogens (tertiary/aromatic N) is 4. The van der Waals surface area contributed by atoms with Crippen LogP contribution in [0.3, 0.4) is 0 Å². The number of carbonyl (C=O) groups is 1. The second-order valence-electron chi connectivity index (χ2n) is 6.69. The lowest BCUT2D eigenvalue weighted by atomic mass is 10.3. The Morgan fingerprint density at radius 2 is 1.44 bits per heavy atom. The van der Waals surface area contributed by atoms with Crippen LogP contribution in [0.1, 0.15) is 18.6 Å². The molecule has 0 aliphatic carbocycles. The van der Waals surface area contributed by atoms with Gasteiger partial charge in [-0.25, -0.2) is 9.97 Å². The Kier molecular flexibility index (Phi) is 11.5. The fourth-order valence-corrected chi connectivity index (χ4v) is 3.40. The zero-order chi connectivity index (χ0) is 21.5. The fourth-order valence-electron chi connectivity index (χ4n) is 3.16. The van der Waals surface area contributed by atoms with Gasteiger partial charge in [0.15, 0.2) is 0 Å². The second kappa shape index (κ2) is 13.3. The molecule has 1 N–H and O–H groups in total. The number of hydrogen-bond donors (Lipinski definition) is 1. The topological polar surface area (TPSA) is 74.0 Å². The van der Waals surface area contributed by atoms with E-state index in [0.717, 1.165) is 33.7 Å². The number of aromatic nitrogens is 4.